The Kier molecular flexibility index (Phi) is 17.5. The molecule has 146 valence electrons. The van der Waals surface area contributed by atoms with Crippen molar-refractivity contribution in [2.45, 2.75) is 103 Å². The van der Waals surface area contributed by atoms with Crippen LogP contribution in [0.15, 0.2) is 60.8 Å². The fraction of sp³-hybridized carbons (Fsp3) is 0.615. The van der Waals surface area contributed by atoms with Gasteiger partial charge in [-0.3, -0.25) is 0 Å². The number of hydrogen-bond donors (Lipinski definition) is 0. The summed E-state index contributed by atoms with van der Waals surface area (Å²) in [6.45, 7) is 0. The summed E-state index contributed by atoms with van der Waals surface area (Å²) in [4.78, 5) is 0. The van der Waals surface area contributed by atoms with Crippen LogP contribution in [-0.4, -0.2) is 0 Å². The van der Waals surface area contributed by atoms with Gasteiger partial charge in [0, 0.05) is 0 Å². The first kappa shape index (κ1) is 22.7. The highest BCUT2D eigenvalue weighted by Crippen LogP contribution is 2.14. The van der Waals surface area contributed by atoms with Crippen molar-refractivity contribution in [2.75, 3.05) is 0 Å². The van der Waals surface area contributed by atoms with Gasteiger partial charge in [-0.25, -0.2) is 0 Å². The summed E-state index contributed by atoms with van der Waals surface area (Å²) in [6.07, 6.45) is 44.0. The van der Waals surface area contributed by atoms with Crippen molar-refractivity contribution >= 4 is 0 Å². The second-order valence-electron chi connectivity index (χ2n) is 7.54. The van der Waals surface area contributed by atoms with Crippen molar-refractivity contribution in [1.29, 1.82) is 0 Å². The Morgan fingerprint density at radius 3 is 0.769 bits per heavy atom. The molecule has 0 saturated carbocycles. The van der Waals surface area contributed by atoms with Crippen LogP contribution < -0.4 is 0 Å². The van der Waals surface area contributed by atoms with E-state index in [1.165, 1.54) is 103 Å². The lowest BCUT2D eigenvalue weighted by molar-refractivity contribution is 0.534. The zero-order valence-electron chi connectivity index (χ0n) is 17.1. The molecule has 0 atom stereocenters. The van der Waals surface area contributed by atoms with Crippen LogP contribution in [0.3, 0.4) is 0 Å². The van der Waals surface area contributed by atoms with E-state index in [9.17, 15) is 0 Å². The van der Waals surface area contributed by atoms with E-state index in [0.29, 0.717) is 0 Å². The Balaban J connectivity index is 2.23. The van der Waals surface area contributed by atoms with Gasteiger partial charge in [-0.1, -0.05) is 138 Å². The maximum absolute atomic E-state index is 2.30. The zero-order valence-corrected chi connectivity index (χ0v) is 17.1. The highest BCUT2D eigenvalue weighted by atomic mass is 14.0. The second-order valence-corrected chi connectivity index (χ2v) is 7.54. The molecule has 0 heteroatoms. The van der Waals surface area contributed by atoms with Crippen LogP contribution in [0, 0.1) is 0 Å². The summed E-state index contributed by atoms with van der Waals surface area (Å²) in [7, 11) is 0. The second kappa shape index (κ2) is 20.0. The van der Waals surface area contributed by atoms with E-state index < -0.39 is 0 Å². The van der Waals surface area contributed by atoms with Gasteiger partial charge in [0.25, 0.3) is 0 Å². The smallest absolute Gasteiger partial charge is 0.0348 e. The minimum atomic E-state index is 1.22. The summed E-state index contributed by atoms with van der Waals surface area (Å²) in [5, 5.41) is 0. The molecule has 0 aromatic carbocycles. The molecule has 1 aliphatic carbocycles. The predicted molar refractivity (Wildman–Crippen MR) is 120 cm³/mol. The maximum Gasteiger partial charge on any atom is -0.0348 e. The Morgan fingerprint density at radius 1 is 0.231 bits per heavy atom. The SMILES string of the molecule is C1=CC=CC=CCCCCCCCCCCCCCCCCC=CC=C1. The summed E-state index contributed by atoms with van der Waals surface area (Å²) in [6, 6.07) is 0. The van der Waals surface area contributed by atoms with Crippen LogP contribution in [0.2, 0.25) is 0 Å². The molecule has 0 bridgehead atoms. The van der Waals surface area contributed by atoms with Crippen LogP contribution in [0.4, 0.5) is 0 Å². The first-order valence-electron chi connectivity index (χ1n) is 11.3. The molecule has 1 aliphatic rings. The number of allylic oxidation sites excluding steroid dienone is 10. The van der Waals surface area contributed by atoms with Gasteiger partial charge in [0.15, 0.2) is 0 Å². The number of rotatable bonds is 0. The van der Waals surface area contributed by atoms with Crippen molar-refractivity contribution in [3.05, 3.63) is 60.8 Å². The van der Waals surface area contributed by atoms with Crippen molar-refractivity contribution in [3.8, 4) is 0 Å². The number of hydrogen-bond acceptors (Lipinski definition) is 0. The molecule has 0 heterocycles. The molecule has 0 nitrogen and oxygen atoms in total. The van der Waals surface area contributed by atoms with E-state index in [0.717, 1.165) is 0 Å². The molecule has 1 rings (SSSR count). The fourth-order valence-electron chi connectivity index (χ4n) is 3.38. The molecule has 0 spiro atoms. The van der Waals surface area contributed by atoms with Gasteiger partial charge < -0.3 is 0 Å². The quantitative estimate of drug-likeness (QED) is 0.407. The van der Waals surface area contributed by atoms with Crippen molar-refractivity contribution in [3.63, 3.8) is 0 Å². The summed E-state index contributed by atoms with van der Waals surface area (Å²) >= 11 is 0. The monoisotopic (exact) mass is 354 g/mol. The van der Waals surface area contributed by atoms with Crippen molar-refractivity contribution < 1.29 is 0 Å². The predicted octanol–water partition coefficient (Wildman–Crippen LogP) is 9.02. The van der Waals surface area contributed by atoms with Crippen molar-refractivity contribution in [1.82, 2.24) is 0 Å². The molecule has 0 amide bonds. The molecular formula is C26H42. The lowest BCUT2D eigenvalue weighted by atomic mass is 10.0. The Hall–Kier alpha value is -1.30. The van der Waals surface area contributed by atoms with Gasteiger partial charge in [-0.15, -0.1) is 0 Å². The molecule has 0 N–H and O–H groups in total. The largest absolute Gasteiger partial charge is 0.0845 e. The fourth-order valence-corrected chi connectivity index (χ4v) is 3.38. The summed E-state index contributed by atoms with van der Waals surface area (Å²) in [5.74, 6) is 0. The van der Waals surface area contributed by atoms with E-state index >= 15 is 0 Å². The molecule has 0 aromatic heterocycles. The third-order valence-electron chi connectivity index (χ3n) is 5.04. The first-order chi connectivity index (χ1) is 13.0. The van der Waals surface area contributed by atoms with Crippen molar-refractivity contribution in [2.24, 2.45) is 0 Å². The minimum Gasteiger partial charge on any atom is -0.0845 e. The maximum atomic E-state index is 2.30. The van der Waals surface area contributed by atoms with E-state index in [1.807, 2.05) is 0 Å². The molecule has 0 aliphatic heterocycles. The topological polar surface area (TPSA) is 0 Å². The van der Waals surface area contributed by atoms with Gasteiger partial charge in [0.1, 0.15) is 0 Å². The average Bonchev–Trinajstić information content (AvgIpc) is 2.65. The van der Waals surface area contributed by atoms with Crippen LogP contribution in [0.25, 0.3) is 0 Å². The van der Waals surface area contributed by atoms with E-state index in [4.69, 9.17) is 0 Å². The van der Waals surface area contributed by atoms with Crippen LogP contribution >= 0.6 is 0 Å². The van der Waals surface area contributed by atoms with Gasteiger partial charge >= 0.3 is 0 Å². The highest BCUT2D eigenvalue weighted by molar-refractivity contribution is 5.17. The van der Waals surface area contributed by atoms with Gasteiger partial charge in [0.05, 0.1) is 0 Å². The molecule has 0 radical (unpaired) electrons. The first-order valence-corrected chi connectivity index (χ1v) is 11.3. The van der Waals surface area contributed by atoms with Crippen LogP contribution in [0.5, 0.6) is 0 Å². The third-order valence-corrected chi connectivity index (χ3v) is 5.04. The Labute approximate surface area is 163 Å². The zero-order chi connectivity index (χ0) is 18.4. The normalized spacial score (nSPS) is 20.9. The molecule has 0 saturated heterocycles. The summed E-state index contributed by atoms with van der Waals surface area (Å²) < 4.78 is 0. The van der Waals surface area contributed by atoms with Crippen LogP contribution in [0.1, 0.15) is 103 Å². The van der Waals surface area contributed by atoms with E-state index in [2.05, 4.69) is 60.8 Å². The standard InChI is InChI=1S/C26H42/c1-2-4-6-8-10-12-14-16-18-20-22-24-26-25-23-21-19-17-15-13-11-9-7-5-3-1/h1-10H,11-26H2. The summed E-state index contributed by atoms with van der Waals surface area (Å²) in [5.41, 5.74) is 0. The van der Waals surface area contributed by atoms with Gasteiger partial charge in [-0.05, 0) is 25.7 Å². The average molecular weight is 355 g/mol. The highest BCUT2D eigenvalue weighted by Gasteiger charge is 1.94. The van der Waals surface area contributed by atoms with Gasteiger partial charge in [0.2, 0.25) is 0 Å². The Bertz CT molecular complexity index is 379. The molecule has 26 heavy (non-hydrogen) atoms. The minimum absolute atomic E-state index is 1.22. The Morgan fingerprint density at radius 2 is 0.462 bits per heavy atom. The lowest BCUT2D eigenvalue weighted by Gasteiger charge is -2.03. The van der Waals surface area contributed by atoms with Gasteiger partial charge in [-0.2, -0.15) is 0 Å². The van der Waals surface area contributed by atoms with E-state index in [1.54, 1.807) is 0 Å². The molecule has 0 fully saturated rings. The van der Waals surface area contributed by atoms with Crippen LogP contribution in [-0.2, 0) is 0 Å². The third kappa shape index (κ3) is 17.5. The van der Waals surface area contributed by atoms with E-state index in [-0.39, 0.29) is 0 Å². The molecule has 0 aromatic rings. The molecule has 0 unspecified atom stereocenters. The lowest BCUT2D eigenvalue weighted by Crippen LogP contribution is -1.83. The molecular weight excluding hydrogens is 312 g/mol.